The van der Waals surface area contributed by atoms with Crippen LogP contribution in [0.5, 0.6) is 0 Å². The summed E-state index contributed by atoms with van der Waals surface area (Å²) in [4.78, 5) is 13.9. The molecule has 20 heavy (non-hydrogen) atoms. The molecule has 0 aromatic heterocycles. The first kappa shape index (κ1) is 14.1. The molecule has 1 heterocycles. The zero-order valence-corrected chi connectivity index (χ0v) is 13.7. The fraction of sp³-hybridized carbons (Fsp3) is 0.588. The lowest BCUT2D eigenvalue weighted by molar-refractivity contribution is 0.101. The van der Waals surface area contributed by atoms with E-state index in [0.717, 1.165) is 23.1 Å². The number of Topliss-reactive ketones (excluding diaryl/α,β-unsaturated/α-hetero) is 1. The second kappa shape index (κ2) is 5.51. The maximum Gasteiger partial charge on any atom is 0.159 e. The molecular formula is C17H22BrNO. The molecule has 2 nitrogen and oxygen atoms in total. The first-order valence-electron chi connectivity index (χ1n) is 7.65. The lowest BCUT2D eigenvalue weighted by atomic mass is 9.77. The largest absolute Gasteiger partial charge is 0.371 e. The summed E-state index contributed by atoms with van der Waals surface area (Å²) in [5.41, 5.74) is 2.68. The van der Waals surface area contributed by atoms with Gasteiger partial charge in [-0.3, -0.25) is 4.79 Å². The van der Waals surface area contributed by atoms with Crippen LogP contribution in [0.3, 0.4) is 0 Å². The van der Waals surface area contributed by atoms with Gasteiger partial charge in [-0.2, -0.15) is 0 Å². The molecule has 1 aromatic carbocycles. The molecule has 108 valence electrons. The van der Waals surface area contributed by atoms with Crippen LogP contribution in [0.2, 0.25) is 0 Å². The Bertz CT molecular complexity index is 510. The molecule has 1 aromatic rings. The number of rotatable bonds is 2. The molecule has 0 radical (unpaired) electrons. The van der Waals surface area contributed by atoms with Gasteiger partial charge in [0.25, 0.3) is 0 Å². The van der Waals surface area contributed by atoms with Gasteiger partial charge in [-0.15, -0.1) is 0 Å². The molecular weight excluding hydrogens is 314 g/mol. The van der Waals surface area contributed by atoms with Gasteiger partial charge in [0.1, 0.15) is 0 Å². The zero-order valence-electron chi connectivity index (χ0n) is 12.1. The van der Waals surface area contributed by atoms with Crippen molar-refractivity contribution in [2.45, 2.75) is 45.4 Å². The third-order valence-electron chi connectivity index (χ3n) is 5.18. The number of carbonyl (C=O) groups excluding carboxylic acids is 1. The van der Waals surface area contributed by atoms with Crippen LogP contribution in [0.1, 0.15) is 55.8 Å². The van der Waals surface area contributed by atoms with Crippen molar-refractivity contribution in [3.05, 3.63) is 28.2 Å². The van der Waals surface area contributed by atoms with E-state index in [9.17, 15) is 4.79 Å². The molecule has 1 saturated heterocycles. The van der Waals surface area contributed by atoms with Crippen molar-refractivity contribution < 1.29 is 4.79 Å². The van der Waals surface area contributed by atoms with Gasteiger partial charge in [0, 0.05) is 23.1 Å². The monoisotopic (exact) mass is 335 g/mol. The van der Waals surface area contributed by atoms with Gasteiger partial charge in [-0.05, 0) is 72.2 Å². The van der Waals surface area contributed by atoms with Crippen LogP contribution in [0, 0.1) is 5.41 Å². The predicted octanol–water partition coefficient (Wildman–Crippen LogP) is 4.81. The van der Waals surface area contributed by atoms with Crippen molar-refractivity contribution in [2.75, 3.05) is 18.0 Å². The quantitative estimate of drug-likeness (QED) is 0.722. The highest BCUT2D eigenvalue weighted by molar-refractivity contribution is 9.10. The summed E-state index contributed by atoms with van der Waals surface area (Å²) in [7, 11) is 0. The minimum atomic E-state index is 0.126. The van der Waals surface area contributed by atoms with E-state index in [4.69, 9.17) is 0 Å². The van der Waals surface area contributed by atoms with Gasteiger partial charge in [-0.1, -0.05) is 12.8 Å². The summed E-state index contributed by atoms with van der Waals surface area (Å²) in [6.45, 7) is 3.92. The Morgan fingerprint density at radius 3 is 2.35 bits per heavy atom. The molecule has 3 heteroatoms. The average molecular weight is 336 g/mol. The Balaban J connectivity index is 1.73. The molecule has 0 unspecified atom stereocenters. The standard InChI is InChI=1S/C17H22BrNO/c1-13(20)14-4-5-16(15(18)12-14)19-10-8-17(9-11-19)6-2-3-7-17/h4-5,12H,2-3,6-11H2,1H3. The van der Waals surface area contributed by atoms with Crippen molar-refractivity contribution in [1.29, 1.82) is 0 Å². The molecule has 2 fully saturated rings. The number of anilines is 1. The van der Waals surface area contributed by atoms with E-state index in [1.54, 1.807) is 6.92 Å². The van der Waals surface area contributed by atoms with Gasteiger partial charge < -0.3 is 4.90 Å². The smallest absolute Gasteiger partial charge is 0.159 e. The summed E-state index contributed by atoms with van der Waals surface area (Å²) in [6, 6.07) is 5.99. The number of benzene rings is 1. The first-order chi connectivity index (χ1) is 9.60. The molecule has 1 aliphatic carbocycles. The topological polar surface area (TPSA) is 20.3 Å². The Kier molecular flexibility index (Phi) is 3.89. The molecule has 3 rings (SSSR count). The van der Waals surface area contributed by atoms with Crippen molar-refractivity contribution in [3.8, 4) is 0 Å². The van der Waals surface area contributed by atoms with E-state index in [1.807, 2.05) is 12.1 Å². The Labute approximate surface area is 129 Å². The van der Waals surface area contributed by atoms with Gasteiger partial charge >= 0.3 is 0 Å². The third-order valence-corrected chi connectivity index (χ3v) is 5.82. The lowest BCUT2D eigenvalue weighted by Crippen LogP contribution is -2.39. The highest BCUT2D eigenvalue weighted by Crippen LogP contribution is 2.47. The zero-order chi connectivity index (χ0) is 14.2. The van der Waals surface area contributed by atoms with E-state index in [1.165, 1.54) is 44.2 Å². The van der Waals surface area contributed by atoms with Crippen molar-refractivity contribution >= 4 is 27.4 Å². The van der Waals surface area contributed by atoms with Crippen LogP contribution in [0.15, 0.2) is 22.7 Å². The number of carbonyl (C=O) groups is 1. The Morgan fingerprint density at radius 1 is 1.15 bits per heavy atom. The third kappa shape index (κ3) is 2.65. The molecule has 1 aliphatic heterocycles. The highest BCUT2D eigenvalue weighted by atomic mass is 79.9. The fourth-order valence-electron chi connectivity index (χ4n) is 3.83. The van der Waals surface area contributed by atoms with Gasteiger partial charge in [0.2, 0.25) is 0 Å². The molecule has 0 amide bonds. The van der Waals surface area contributed by atoms with Crippen molar-refractivity contribution in [3.63, 3.8) is 0 Å². The highest BCUT2D eigenvalue weighted by Gasteiger charge is 2.37. The van der Waals surface area contributed by atoms with Crippen LogP contribution >= 0.6 is 15.9 Å². The van der Waals surface area contributed by atoms with Crippen molar-refractivity contribution in [1.82, 2.24) is 0 Å². The SMILES string of the molecule is CC(=O)c1ccc(N2CCC3(CCCC3)CC2)c(Br)c1. The van der Waals surface area contributed by atoms with Crippen LogP contribution in [-0.2, 0) is 0 Å². The number of halogens is 1. The van der Waals surface area contributed by atoms with E-state index in [-0.39, 0.29) is 5.78 Å². The number of piperidine rings is 1. The molecule has 1 spiro atoms. The summed E-state index contributed by atoms with van der Waals surface area (Å²) in [6.07, 6.45) is 8.38. The fourth-order valence-corrected chi connectivity index (χ4v) is 4.46. The maximum absolute atomic E-state index is 11.4. The van der Waals surface area contributed by atoms with Crippen LogP contribution < -0.4 is 4.90 Å². The van der Waals surface area contributed by atoms with Crippen LogP contribution in [0.25, 0.3) is 0 Å². The van der Waals surface area contributed by atoms with E-state index in [0.29, 0.717) is 5.41 Å². The second-order valence-electron chi connectivity index (χ2n) is 6.42. The van der Waals surface area contributed by atoms with Gasteiger partial charge in [0.15, 0.2) is 5.78 Å². The Morgan fingerprint density at radius 2 is 1.80 bits per heavy atom. The molecule has 0 N–H and O–H groups in total. The lowest BCUT2D eigenvalue weighted by Gasteiger charge is -2.40. The van der Waals surface area contributed by atoms with Gasteiger partial charge in [-0.25, -0.2) is 0 Å². The number of hydrogen-bond donors (Lipinski definition) is 0. The summed E-state index contributed by atoms with van der Waals surface area (Å²) < 4.78 is 1.05. The molecule has 2 aliphatic rings. The minimum Gasteiger partial charge on any atom is -0.371 e. The molecule has 0 atom stereocenters. The first-order valence-corrected chi connectivity index (χ1v) is 8.44. The predicted molar refractivity (Wildman–Crippen MR) is 86.5 cm³/mol. The van der Waals surface area contributed by atoms with Crippen LogP contribution in [-0.4, -0.2) is 18.9 Å². The number of ketones is 1. The van der Waals surface area contributed by atoms with Gasteiger partial charge in [0.05, 0.1) is 5.69 Å². The average Bonchev–Trinajstić information content (AvgIpc) is 2.88. The number of hydrogen-bond acceptors (Lipinski definition) is 2. The van der Waals surface area contributed by atoms with E-state index >= 15 is 0 Å². The molecule has 0 bridgehead atoms. The van der Waals surface area contributed by atoms with E-state index < -0.39 is 0 Å². The maximum atomic E-state index is 11.4. The van der Waals surface area contributed by atoms with E-state index in [2.05, 4.69) is 26.9 Å². The van der Waals surface area contributed by atoms with Crippen LogP contribution in [0.4, 0.5) is 5.69 Å². The number of nitrogens with zero attached hydrogens (tertiary/aromatic N) is 1. The summed E-state index contributed by atoms with van der Waals surface area (Å²) in [5.74, 6) is 0.126. The second-order valence-corrected chi connectivity index (χ2v) is 7.27. The normalized spacial score (nSPS) is 21.4. The summed E-state index contributed by atoms with van der Waals surface area (Å²) >= 11 is 3.63. The Hall–Kier alpha value is -0.830. The summed E-state index contributed by atoms with van der Waals surface area (Å²) in [5, 5.41) is 0. The van der Waals surface area contributed by atoms with Crippen molar-refractivity contribution in [2.24, 2.45) is 5.41 Å². The molecule has 1 saturated carbocycles. The minimum absolute atomic E-state index is 0.126.